The maximum Gasteiger partial charge on any atom is 0.323 e. The van der Waals surface area contributed by atoms with Crippen LogP contribution in [-0.4, -0.2) is 12.2 Å². The van der Waals surface area contributed by atoms with Gasteiger partial charge in [0, 0.05) is 22.3 Å². The molecule has 1 aliphatic rings. The van der Waals surface area contributed by atoms with E-state index in [2.05, 4.69) is 26.6 Å². The van der Waals surface area contributed by atoms with Crippen molar-refractivity contribution < 1.29 is 9.18 Å². The summed E-state index contributed by atoms with van der Waals surface area (Å²) in [5.74, 6) is 0. The molecule has 1 aliphatic carbocycles. The molecule has 0 bridgehead atoms. The van der Waals surface area contributed by atoms with Gasteiger partial charge in [0.1, 0.15) is 6.17 Å². The molecule has 18 heavy (non-hydrogen) atoms. The third kappa shape index (κ3) is 3.70. The van der Waals surface area contributed by atoms with E-state index < -0.39 is 6.17 Å². The topological polar surface area (TPSA) is 41.1 Å². The molecule has 0 heterocycles. The van der Waals surface area contributed by atoms with Crippen molar-refractivity contribution in [3.8, 4) is 0 Å². The summed E-state index contributed by atoms with van der Waals surface area (Å²) in [5.41, 5.74) is 1.29. The molecule has 94 valence electrons. The molecule has 0 saturated carbocycles. The van der Waals surface area contributed by atoms with Crippen molar-refractivity contribution in [2.75, 3.05) is 5.32 Å². The molecule has 0 fully saturated rings. The Morgan fingerprint density at radius 1 is 1.39 bits per heavy atom. The van der Waals surface area contributed by atoms with E-state index in [1.165, 1.54) is 6.08 Å². The third-order valence-electron chi connectivity index (χ3n) is 2.39. The van der Waals surface area contributed by atoms with Gasteiger partial charge in [0.05, 0.1) is 0 Å². The Balaban J connectivity index is 1.92. The second kappa shape index (κ2) is 5.82. The molecule has 0 aliphatic heterocycles. The number of anilines is 1. The molecule has 0 radical (unpaired) electrons. The second-order valence-corrected chi connectivity index (χ2v) is 4.78. The van der Waals surface area contributed by atoms with Crippen LogP contribution in [0.2, 0.25) is 0 Å². The van der Waals surface area contributed by atoms with Gasteiger partial charge in [0.15, 0.2) is 0 Å². The lowest BCUT2D eigenvalue weighted by Crippen LogP contribution is -2.28. The Morgan fingerprint density at radius 3 is 2.89 bits per heavy atom. The Kier molecular flexibility index (Phi) is 4.15. The molecular formula is C13H12BrFN2O. The third-order valence-corrected chi connectivity index (χ3v) is 2.88. The Hall–Kier alpha value is -1.62. The number of carbonyl (C=O) groups is 1. The van der Waals surface area contributed by atoms with Crippen molar-refractivity contribution in [3.63, 3.8) is 0 Å². The van der Waals surface area contributed by atoms with Gasteiger partial charge in [-0.15, -0.1) is 0 Å². The van der Waals surface area contributed by atoms with Gasteiger partial charge in [-0.1, -0.05) is 28.1 Å². The molecule has 5 heteroatoms. The van der Waals surface area contributed by atoms with Crippen molar-refractivity contribution in [3.05, 3.63) is 52.7 Å². The van der Waals surface area contributed by atoms with Gasteiger partial charge in [-0.3, -0.25) is 0 Å². The number of urea groups is 1. The first-order valence-corrected chi connectivity index (χ1v) is 6.29. The maximum atomic E-state index is 12.8. The summed E-state index contributed by atoms with van der Waals surface area (Å²) < 4.78 is 13.7. The summed E-state index contributed by atoms with van der Waals surface area (Å²) in [6, 6.07) is 6.93. The summed E-state index contributed by atoms with van der Waals surface area (Å²) in [5, 5.41) is 5.34. The zero-order chi connectivity index (χ0) is 13.0. The Labute approximate surface area is 113 Å². The lowest BCUT2D eigenvalue weighted by Gasteiger charge is -2.12. The normalized spacial score (nSPS) is 18.1. The van der Waals surface area contributed by atoms with E-state index in [1.54, 1.807) is 24.3 Å². The lowest BCUT2D eigenvalue weighted by atomic mass is 10.1. The SMILES string of the molecule is O=C(NC1=CCC(F)C=C1)Nc1cccc(Br)c1. The number of carbonyl (C=O) groups excluding carboxylic acids is 1. The van der Waals surface area contributed by atoms with Crippen LogP contribution in [0.1, 0.15) is 6.42 Å². The molecule has 1 aromatic rings. The minimum atomic E-state index is -0.955. The van der Waals surface area contributed by atoms with E-state index >= 15 is 0 Å². The first-order chi connectivity index (χ1) is 8.63. The summed E-state index contributed by atoms with van der Waals surface area (Å²) in [7, 11) is 0. The summed E-state index contributed by atoms with van der Waals surface area (Å²) in [6.45, 7) is 0. The van der Waals surface area contributed by atoms with E-state index in [1.807, 2.05) is 12.1 Å². The van der Waals surface area contributed by atoms with E-state index in [0.717, 1.165) is 4.47 Å². The molecule has 2 N–H and O–H groups in total. The van der Waals surface area contributed by atoms with Crippen LogP contribution < -0.4 is 10.6 Å². The fourth-order valence-electron chi connectivity index (χ4n) is 1.55. The highest BCUT2D eigenvalue weighted by atomic mass is 79.9. The number of allylic oxidation sites excluding steroid dienone is 3. The van der Waals surface area contributed by atoms with Crippen molar-refractivity contribution in [1.82, 2.24) is 5.32 Å². The van der Waals surface area contributed by atoms with Gasteiger partial charge in [-0.2, -0.15) is 0 Å². The van der Waals surface area contributed by atoms with E-state index in [-0.39, 0.29) is 6.03 Å². The smallest absolute Gasteiger partial charge is 0.308 e. The van der Waals surface area contributed by atoms with Gasteiger partial charge in [-0.25, -0.2) is 9.18 Å². The number of amides is 2. The van der Waals surface area contributed by atoms with Crippen LogP contribution >= 0.6 is 15.9 Å². The number of rotatable bonds is 2. The average molecular weight is 311 g/mol. The van der Waals surface area contributed by atoms with Crippen LogP contribution in [0, 0.1) is 0 Å². The Morgan fingerprint density at radius 2 is 2.22 bits per heavy atom. The molecular weight excluding hydrogens is 299 g/mol. The van der Waals surface area contributed by atoms with E-state index in [9.17, 15) is 9.18 Å². The molecule has 0 spiro atoms. The lowest BCUT2D eigenvalue weighted by molar-refractivity contribution is 0.254. The van der Waals surface area contributed by atoms with Crippen LogP contribution in [0.3, 0.4) is 0 Å². The number of nitrogens with one attached hydrogen (secondary N) is 2. The highest BCUT2D eigenvalue weighted by Gasteiger charge is 2.09. The number of hydrogen-bond donors (Lipinski definition) is 2. The first kappa shape index (κ1) is 12.8. The standard InChI is InChI=1S/C13H12BrFN2O/c14-9-2-1-3-12(8-9)17-13(18)16-11-6-4-10(15)5-7-11/h1-4,6-8,10H,5H2,(H2,16,17,18). The van der Waals surface area contributed by atoms with Gasteiger partial charge < -0.3 is 10.6 Å². The van der Waals surface area contributed by atoms with Crippen LogP contribution in [0.5, 0.6) is 0 Å². The van der Waals surface area contributed by atoms with Gasteiger partial charge in [-0.05, 0) is 30.4 Å². The first-order valence-electron chi connectivity index (χ1n) is 5.49. The molecule has 0 saturated heterocycles. The zero-order valence-electron chi connectivity index (χ0n) is 9.49. The highest BCUT2D eigenvalue weighted by molar-refractivity contribution is 9.10. The summed E-state index contributed by atoms with van der Waals surface area (Å²) in [6.07, 6.45) is 3.99. The number of alkyl halides is 1. The van der Waals surface area contributed by atoms with Crippen LogP contribution in [-0.2, 0) is 0 Å². The van der Waals surface area contributed by atoms with Crippen molar-refractivity contribution in [2.45, 2.75) is 12.6 Å². The van der Waals surface area contributed by atoms with Gasteiger partial charge >= 0.3 is 6.03 Å². The molecule has 0 aromatic heterocycles. The van der Waals surface area contributed by atoms with E-state index in [4.69, 9.17) is 0 Å². The van der Waals surface area contributed by atoms with Gasteiger partial charge in [0.25, 0.3) is 0 Å². The zero-order valence-corrected chi connectivity index (χ0v) is 11.1. The summed E-state index contributed by atoms with van der Waals surface area (Å²) >= 11 is 3.32. The minimum absolute atomic E-state index is 0.295. The van der Waals surface area contributed by atoms with Gasteiger partial charge in [0.2, 0.25) is 0 Å². The fourth-order valence-corrected chi connectivity index (χ4v) is 1.95. The predicted octanol–water partition coefficient (Wildman–Crippen LogP) is 3.75. The number of hydrogen-bond acceptors (Lipinski definition) is 1. The number of benzene rings is 1. The fraction of sp³-hybridized carbons (Fsp3) is 0.154. The van der Waals surface area contributed by atoms with Crippen LogP contribution in [0.15, 0.2) is 52.7 Å². The molecule has 1 unspecified atom stereocenters. The van der Waals surface area contributed by atoms with Crippen molar-refractivity contribution in [2.24, 2.45) is 0 Å². The molecule has 3 nitrogen and oxygen atoms in total. The largest absolute Gasteiger partial charge is 0.323 e. The second-order valence-electron chi connectivity index (χ2n) is 3.86. The predicted molar refractivity (Wildman–Crippen MR) is 73.0 cm³/mol. The monoisotopic (exact) mass is 310 g/mol. The maximum absolute atomic E-state index is 12.8. The highest BCUT2D eigenvalue weighted by Crippen LogP contribution is 2.16. The quantitative estimate of drug-likeness (QED) is 0.858. The molecule has 2 rings (SSSR count). The Bertz CT molecular complexity index is 513. The summed E-state index contributed by atoms with van der Waals surface area (Å²) in [4.78, 5) is 11.7. The minimum Gasteiger partial charge on any atom is -0.308 e. The van der Waals surface area contributed by atoms with E-state index in [0.29, 0.717) is 17.8 Å². The molecule has 1 atom stereocenters. The van der Waals surface area contributed by atoms with Crippen LogP contribution in [0.4, 0.5) is 14.9 Å². The molecule has 2 amide bonds. The van der Waals surface area contributed by atoms with Crippen molar-refractivity contribution in [1.29, 1.82) is 0 Å². The van der Waals surface area contributed by atoms with Crippen molar-refractivity contribution >= 4 is 27.6 Å². The van der Waals surface area contributed by atoms with Crippen LogP contribution in [0.25, 0.3) is 0 Å². The number of halogens is 2. The molecule has 1 aromatic carbocycles. The average Bonchev–Trinajstić information content (AvgIpc) is 2.32.